The summed E-state index contributed by atoms with van der Waals surface area (Å²) >= 11 is 0. The lowest BCUT2D eigenvalue weighted by Gasteiger charge is -2.08. The van der Waals surface area contributed by atoms with Crippen LogP contribution < -0.4 is 9.47 Å². The van der Waals surface area contributed by atoms with Gasteiger partial charge in [-0.2, -0.15) is 0 Å². The van der Waals surface area contributed by atoms with Gasteiger partial charge in [0, 0.05) is 11.6 Å². The molecule has 0 aromatic heterocycles. The van der Waals surface area contributed by atoms with E-state index in [9.17, 15) is 9.59 Å². The first kappa shape index (κ1) is 25.6. The Morgan fingerprint density at radius 3 is 1.49 bits per heavy atom. The van der Waals surface area contributed by atoms with Crippen molar-refractivity contribution in [2.24, 2.45) is 0 Å². The molecule has 0 unspecified atom stereocenters. The molecule has 4 heteroatoms. The predicted molar refractivity (Wildman–Crippen MR) is 148 cm³/mol. The maximum Gasteiger partial charge on any atom is 0.338 e. The minimum atomic E-state index is -0.454. The van der Waals surface area contributed by atoms with Crippen molar-refractivity contribution in [1.29, 1.82) is 0 Å². The maximum atomic E-state index is 11.6. The summed E-state index contributed by atoms with van der Waals surface area (Å²) in [4.78, 5) is 23.0. The molecule has 0 aliphatic heterocycles. The topological polar surface area (TPSA) is 52.6 Å². The van der Waals surface area contributed by atoms with Gasteiger partial charge < -0.3 is 9.47 Å². The van der Waals surface area contributed by atoms with Gasteiger partial charge in [0.15, 0.2) is 0 Å². The van der Waals surface area contributed by atoms with Gasteiger partial charge in [-0.15, -0.1) is 0 Å². The third-order valence-electron chi connectivity index (χ3n) is 6.16. The van der Waals surface area contributed by atoms with E-state index >= 15 is 0 Å². The van der Waals surface area contributed by atoms with Crippen LogP contribution in [0.1, 0.15) is 29.2 Å². The molecular weight excluding hydrogens is 460 g/mol. The average Bonchev–Trinajstić information content (AvgIpc) is 2.92. The summed E-state index contributed by atoms with van der Waals surface area (Å²) in [7, 11) is 0. The SMILES string of the molecule is C=CC(=O)Oc1ccc(CCc2ccc3cc(CCc4ccc(OC(=O)C(=C)C)cc4)ccc3c2)cc1. The van der Waals surface area contributed by atoms with Gasteiger partial charge in [-0.25, -0.2) is 9.59 Å². The summed E-state index contributed by atoms with van der Waals surface area (Å²) in [5.41, 5.74) is 5.34. The summed E-state index contributed by atoms with van der Waals surface area (Å²) in [6.07, 6.45) is 4.83. The maximum absolute atomic E-state index is 11.6. The predicted octanol–water partition coefficient (Wildman–Crippen LogP) is 6.98. The molecule has 0 N–H and O–H groups in total. The normalized spacial score (nSPS) is 10.6. The summed E-state index contributed by atoms with van der Waals surface area (Å²) in [6, 6.07) is 28.5. The van der Waals surface area contributed by atoms with Gasteiger partial charge in [0.2, 0.25) is 0 Å². The highest BCUT2D eigenvalue weighted by Crippen LogP contribution is 2.22. The van der Waals surface area contributed by atoms with E-state index in [1.165, 1.54) is 33.0 Å². The zero-order valence-corrected chi connectivity index (χ0v) is 21.0. The van der Waals surface area contributed by atoms with Gasteiger partial charge in [0.1, 0.15) is 11.5 Å². The third kappa shape index (κ3) is 7.28. The van der Waals surface area contributed by atoms with Crippen LogP contribution >= 0.6 is 0 Å². The van der Waals surface area contributed by atoms with Crippen LogP contribution in [-0.2, 0) is 35.3 Å². The third-order valence-corrected chi connectivity index (χ3v) is 6.16. The van der Waals surface area contributed by atoms with Gasteiger partial charge in [0.05, 0.1) is 0 Å². The Balaban J connectivity index is 1.32. The monoisotopic (exact) mass is 490 g/mol. The Morgan fingerprint density at radius 2 is 1.05 bits per heavy atom. The van der Waals surface area contributed by atoms with E-state index in [0.717, 1.165) is 31.8 Å². The molecule has 4 nitrogen and oxygen atoms in total. The highest BCUT2D eigenvalue weighted by atomic mass is 16.5. The van der Waals surface area contributed by atoms with Crippen molar-refractivity contribution in [2.75, 3.05) is 0 Å². The standard InChI is InChI=1S/C33H30O4/c1-4-32(34)36-30-17-11-24(12-18-30)5-7-26-9-15-29-22-27(10-16-28(29)21-26)8-6-25-13-19-31(20-14-25)37-33(35)23(2)3/h4,9-22H,1-2,5-8H2,3H3. The van der Waals surface area contributed by atoms with Crippen molar-refractivity contribution in [3.63, 3.8) is 0 Å². The molecular formula is C33H30O4. The van der Waals surface area contributed by atoms with Gasteiger partial charge in [-0.3, -0.25) is 0 Å². The van der Waals surface area contributed by atoms with Crippen molar-refractivity contribution in [3.8, 4) is 11.5 Å². The van der Waals surface area contributed by atoms with Crippen LogP contribution in [0.15, 0.2) is 110 Å². The summed E-state index contributed by atoms with van der Waals surface area (Å²) in [5, 5.41) is 2.47. The smallest absolute Gasteiger partial charge is 0.338 e. The zero-order valence-electron chi connectivity index (χ0n) is 21.0. The van der Waals surface area contributed by atoms with Crippen LogP contribution in [0.5, 0.6) is 11.5 Å². The molecule has 37 heavy (non-hydrogen) atoms. The fourth-order valence-corrected chi connectivity index (χ4v) is 4.03. The quantitative estimate of drug-likeness (QED) is 0.137. The highest BCUT2D eigenvalue weighted by Gasteiger charge is 2.06. The van der Waals surface area contributed by atoms with Crippen LogP contribution in [-0.4, -0.2) is 11.9 Å². The molecule has 4 aromatic carbocycles. The van der Waals surface area contributed by atoms with Crippen LogP contribution in [0.4, 0.5) is 0 Å². The first-order valence-electron chi connectivity index (χ1n) is 12.3. The Labute approximate surface area is 217 Å². The van der Waals surface area contributed by atoms with Crippen LogP contribution in [0.25, 0.3) is 10.8 Å². The number of esters is 2. The highest BCUT2D eigenvalue weighted by molar-refractivity contribution is 5.88. The van der Waals surface area contributed by atoms with Crippen molar-refractivity contribution in [1.82, 2.24) is 0 Å². The molecule has 0 spiro atoms. The van der Waals surface area contributed by atoms with E-state index in [-0.39, 0.29) is 0 Å². The molecule has 0 saturated heterocycles. The van der Waals surface area contributed by atoms with Gasteiger partial charge in [-0.05, 0) is 89.9 Å². The number of fused-ring (bicyclic) bond motifs is 1. The Kier molecular flexibility index (Phi) is 8.32. The molecule has 0 fully saturated rings. The summed E-state index contributed by atoms with van der Waals surface area (Å²) in [5.74, 6) is 0.194. The molecule has 0 radical (unpaired) electrons. The Bertz CT molecular complexity index is 1430. The number of carbonyl (C=O) groups is 2. The van der Waals surface area contributed by atoms with Crippen LogP contribution in [0, 0.1) is 0 Å². The molecule has 0 saturated carbocycles. The molecule has 0 atom stereocenters. The first-order valence-corrected chi connectivity index (χ1v) is 12.3. The number of carbonyl (C=O) groups excluding carboxylic acids is 2. The number of hydrogen-bond donors (Lipinski definition) is 0. The minimum absolute atomic E-state index is 0.382. The molecule has 0 bridgehead atoms. The largest absolute Gasteiger partial charge is 0.423 e. The lowest BCUT2D eigenvalue weighted by Crippen LogP contribution is -2.08. The first-order chi connectivity index (χ1) is 17.9. The van der Waals surface area contributed by atoms with Gasteiger partial charge >= 0.3 is 11.9 Å². The minimum Gasteiger partial charge on any atom is -0.423 e. The second kappa shape index (κ2) is 12.0. The Morgan fingerprint density at radius 1 is 0.649 bits per heavy atom. The van der Waals surface area contributed by atoms with Crippen molar-refractivity contribution in [3.05, 3.63) is 132 Å². The molecule has 4 rings (SSSR count). The number of hydrogen-bond acceptors (Lipinski definition) is 4. The van der Waals surface area contributed by atoms with Crippen LogP contribution in [0.3, 0.4) is 0 Å². The van der Waals surface area contributed by atoms with E-state index in [2.05, 4.69) is 49.6 Å². The van der Waals surface area contributed by atoms with Gasteiger partial charge in [-0.1, -0.05) is 73.8 Å². The zero-order chi connectivity index (χ0) is 26.2. The second-order valence-electron chi connectivity index (χ2n) is 9.10. The number of ether oxygens (including phenoxy) is 2. The van der Waals surface area contributed by atoms with Gasteiger partial charge in [0.25, 0.3) is 0 Å². The molecule has 186 valence electrons. The fourth-order valence-electron chi connectivity index (χ4n) is 4.03. The molecule has 0 amide bonds. The van der Waals surface area contributed by atoms with E-state index in [4.69, 9.17) is 9.47 Å². The fraction of sp³-hybridized carbons (Fsp3) is 0.152. The number of benzene rings is 4. The van der Waals surface area contributed by atoms with Crippen molar-refractivity contribution in [2.45, 2.75) is 32.6 Å². The van der Waals surface area contributed by atoms with Crippen molar-refractivity contribution < 1.29 is 19.1 Å². The molecule has 0 aliphatic rings. The summed E-state index contributed by atoms with van der Waals surface area (Å²) in [6.45, 7) is 8.65. The van der Waals surface area contributed by atoms with E-state index < -0.39 is 11.9 Å². The number of aryl methyl sites for hydroxylation is 4. The lowest BCUT2D eigenvalue weighted by molar-refractivity contribution is -0.130. The number of rotatable bonds is 10. The molecule has 4 aromatic rings. The van der Waals surface area contributed by atoms with E-state index in [1.54, 1.807) is 6.92 Å². The molecule has 0 heterocycles. The van der Waals surface area contributed by atoms with E-state index in [1.807, 2.05) is 48.5 Å². The van der Waals surface area contributed by atoms with Crippen molar-refractivity contribution >= 4 is 22.7 Å². The lowest BCUT2D eigenvalue weighted by atomic mass is 9.98. The van der Waals surface area contributed by atoms with Crippen LogP contribution in [0.2, 0.25) is 0 Å². The molecule has 0 aliphatic carbocycles. The second-order valence-corrected chi connectivity index (χ2v) is 9.10. The Hall–Kier alpha value is -4.44. The summed E-state index contributed by atoms with van der Waals surface area (Å²) < 4.78 is 10.4. The van der Waals surface area contributed by atoms with E-state index in [0.29, 0.717) is 17.1 Å². The average molecular weight is 491 g/mol.